The zero-order valence-corrected chi connectivity index (χ0v) is 21.0. The summed E-state index contributed by atoms with van der Waals surface area (Å²) >= 11 is 0. The highest BCUT2D eigenvalue weighted by Gasteiger charge is 2.45. The Morgan fingerprint density at radius 2 is 1.46 bits per heavy atom. The van der Waals surface area contributed by atoms with Crippen LogP contribution in [0.3, 0.4) is 0 Å². The fraction of sp³-hybridized carbons (Fsp3) is 1.00. The zero-order chi connectivity index (χ0) is 21.0. The SMILES string of the molecule is CCCCCC1CCC1(C)C(C)CCCCC(C)CCCCC(C)(C)CCC. The van der Waals surface area contributed by atoms with Crippen LogP contribution < -0.4 is 0 Å². The molecule has 0 aromatic rings. The second-order valence-electron chi connectivity index (χ2n) is 11.7. The lowest BCUT2D eigenvalue weighted by molar-refractivity contribution is -0.0177. The highest BCUT2D eigenvalue weighted by molar-refractivity contribution is 4.95. The molecule has 0 aromatic heterocycles. The molecule has 0 aliphatic heterocycles. The van der Waals surface area contributed by atoms with Crippen LogP contribution in [0, 0.1) is 28.6 Å². The molecule has 0 spiro atoms. The molecule has 4 atom stereocenters. The van der Waals surface area contributed by atoms with Crippen molar-refractivity contribution in [1.29, 1.82) is 0 Å². The van der Waals surface area contributed by atoms with E-state index >= 15 is 0 Å². The summed E-state index contributed by atoms with van der Waals surface area (Å²) in [5.74, 6) is 2.90. The molecule has 1 fully saturated rings. The van der Waals surface area contributed by atoms with E-state index in [4.69, 9.17) is 0 Å². The Morgan fingerprint density at radius 3 is 2.04 bits per heavy atom. The second-order valence-corrected chi connectivity index (χ2v) is 11.7. The van der Waals surface area contributed by atoms with Crippen molar-refractivity contribution in [3.8, 4) is 0 Å². The van der Waals surface area contributed by atoms with E-state index in [9.17, 15) is 0 Å². The largest absolute Gasteiger partial charge is 0.0654 e. The van der Waals surface area contributed by atoms with Crippen LogP contribution in [0.4, 0.5) is 0 Å². The molecule has 0 bridgehead atoms. The van der Waals surface area contributed by atoms with Gasteiger partial charge in [0.2, 0.25) is 0 Å². The monoisotopic (exact) mass is 392 g/mol. The van der Waals surface area contributed by atoms with Gasteiger partial charge in [0.25, 0.3) is 0 Å². The summed E-state index contributed by atoms with van der Waals surface area (Å²) in [6.07, 6.45) is 23.1. The minimum absolute atomic E-state index is 0.570. The third kappa shape index (κ3) is 9.21. The Hall–Kier alpha value is 0. The maximum absolute atomic E-state index is 2.61. The molecule has 0 heterocycles. The van der Waals surface area contributed by atoms with E-state index in [1.54, 1.807) is 0 Å². The molecule has 168 valence electrons. The third-order valence-corrected chi connectivity index (χ3v) is 8.56. The molecule has 0 radical (unpaired) electrons. The molecular formula is C28H56. The van der Waals surface area contributed by atoms with Crippen LogP contribution in [0.5, 0.6) is 0 Å². The van der Waals surface area contributed by atoms with Crippen molar-refractivity contribution >= 4 is 0 Å². The van der Waals surface area contributed by atoms with Gasteiger partial charge in [0.15, 0.2) is 0 Å². The number of hydrogen-bond donors (Lipinski definition) is 0. The minimum atomic E-state index is 0.570. The van der Waals surface area contributed by atoms with Gasteiger partial charge in [0, 0.05) is 0 Å². The first-order valence-corrected chi connectivity index (χ1v) is 13.2. The van der Waals surface area contributed by atoms with E-state index in [1.807, 2.05) is 0 Å². The topological polar surface area (TPSA) is 0 Å². The van der Waals surface area contributed by atoms with E-state index in [2.05, 4.69) is 48.5 Å². The molecular weight excluding hydrogens is 336 g/mol. The number of rotatable bonds is 17. The summed E-state index contributed by atoms with van der Waals surface area (Å²) in [5.41, 5.74) is 1.24. The molecule has 0 heteroatoms. The number of unbranched alkanes of at least 4 members (excludes halogenated alkanes) is 4. The molecule has 28 heavy (non-hydrogen) atoms. The molecule has 0 N–H and O–H groups in total. The first kappa shape index (κ1) is 26.0. The normalized spacial score (nSPS) is 24.8. The van der Waals surface area contributed by atoms with Crippen molar-refractivity contribution < 1.29 is 0 Å². The summed E-state index contributed by atoms with van der Waals surface area (Å²) in [5, 5.41) is 0. The Bertz CT molecular complexity index is 381. The van der Waals surface area contributed by atoms with Crippen LogP contribution in [-0.2, 0) is 0 Å². The molecule has 1 saturated carbocycles. The van der Waals surface area contributed by atoms with Crippen LogP contribution >= 0.6 is 0 Å². The van der Waals surface area contributed by atoms with E-state index in [-0.39, 0.29) is 0 Å². The first-order chi connectivity index (χ1) is 13.2. The van der Waals surface area contributed by atoms with Gasteiger partial charge in [-0.3, -0.25) is 0 Å². The number of hydrogen-bond acceptors (Lipinski definition) is 0. The summed E-state index contributed by atoms with van der Waals surface area (Å²) in [7, 11) is 0. The third-order valence-electron chi connectivity index (χ3n) is 8.56. The molecule has 0 aromatic carbocycles. The highest BCUT2D eigenvalue weighted by Crippen LogP contribution is 2.55. The van der Waals surface area contributed by atoms with Crippen molar-refractivity contribution in [3.63, 3.8) is 0 Å². The standard InChI is InChI=1S/C28H56/c1-8-10-11-19-26-20-23-28(26,7)25(4)18-13-12-16-24(3)17-14-15-22-27(5,6)21-9-2/h24-26H,8-23H2,1-7H3. The van der Waals surface area contributed by atoms with Gasteiger partial charge in [-0.1, -0.05) is 119 Å². The van der Waals surface area contributed by atoms with Gasteiger partial charge in [0.05, 0.1) is 0 Å². The maximum Gasteiger partial charge on any atom is -0.0272 e. The Kier molecular flexibility index (Phi) is 12.4. The lowest BCUT2D eigenvalue weighted by atomic mass is 9.53. The van der Waals surface area contributed by atoms with Gasteiger partial charge in [0.1, 0.15) is 0 Å². The lowest BCUT2D eigenvalue weighted by Crippen LogP contribution is -2.42. The van der Waals surface area contributed by atoms with Crippen LogP contribution in [0.2, 0.25) is 0 Å². The molecule has 0 saturated heterocycles. The van der Waals surface area contributed by atoms with Crippen LogP contribution in [0.1, 0.15) is 151 Å². The van der Waals surface area contributed by atoms with Crippen molar-refractivity contribution in [1.82, 2.24) is 0 Å². The van der Waals surface area contributed by atoms with Gasteiger partial charge < -0.3 is 0 Å². The summed E-state index contributed by atoms with van der Waals surface area (Å²) in [4.78, 5) is 0. The fourth-order valence-corrected chi connectivity index (χ4v) is 5.88. The quantitative estimate of drug-likeness (QED) is 0.216. The van der Waals surface area contributed by atoms with E-state index in [0.29, 0.717) is 10.8 Å². The van der Waals surface area contributed by atoms with Crippen LogP contribution in [-0.4, -0.2) is 0 Å². The van der Waals surface area contributed by atoms with E-state index in [1.165, 1.54) is 103 Å². The zero-order valence-electron chi connectivity index (χ0n) is 21.0. The van der Waals surface area contributed by atoms with E-state index in [0.717, 1.165) is 17.8 Å². The van der Waals surface area contributed by atoms with Gasteiger partial charge in [-0.2, -0.15) is 0 Å². The predicted octanol–water partition coefficient (Wildman–Crippen LogP) is 10.2. The predicted molar refractivity (Wildman–Crippen MR) is 129 cm³/mol. The fourth-order valence-electron chi connectivity index (χ4n) is 5.88. The van der Waals surface area contributed by atoms with Gasteiger partial charge in [-0.25, -0.2) is 0 Å². The molecule has 4 unspecified atom stereocenters. The Balaban J connectivity index is 2.10. The lowest BCUT2D eigenvalue weighted by Gasteiger charge is -2.52. The Labute approximate surface area is 180 Å². The molecule has 1 aliphatic carbocycles. The van der Waals surface area contributed by atoms with Crippen molar-refractivity contribution in [2.24, 2.45) is 28.6 Å². The maximum atomic E-state index is 2.61. The van der Waals surface area contributed by atoms with E-state index < -0.39 is 0 Å². The van der Waals surface area contributed by atoms with Crippen molar-refractivity contribution in [2.45, 2.75) is 151 Å². The second kappa shape index (κ2) is 13.3. The summed E-state index contributed by atoms with van der Waals surface area (Å²) < 4.78 is 0. The smallest absolute Gasteiger partial charge is 0.0272 e. The molecule has 1 rings (SSSR count). The minimum Gasteiger partial charge on any atom is -0.0654 e. The van der Waals surface area contributed by atoms with Crippen molar-refractivity contribution in [2.75, 3.05) is 0 Å². The van der Waals surface area contributed by atoms with Gasteiger partial charge in [-0.05, 0) is 60.7 Å². The molecule has 0 amide bonds. The van der Waals surface area contributed by atoms with Gasteiger partial charge in [-0.15, -0.1) is 0 Å². The first-order valence-electron chi connectivity index (χ1n) is 13.2. The molecule has 0 nitrogen and oxygen atoms in total. The van der Waals surface area contributed by atoms with Gasteiger partial charge >= 0.3 is 0 Å². The summed E-state index contributed by atoms with van der Waals surface area (Å²) in [6.45, 7) is 17.2. The molecule has 1 aliphatic rings. The van der Waals surface area contributed by atoms with Crippen LogP contribution in [0.25, 0.3) is 0 Å². The summed E-state index contributed by atoms with van der Waals surface area (Å²) in [6, 6.07) is 0. The average molecular weight is 393 g/mol. The average Bonchev–Trinajstić information content (AvgIpc) is 2.64. The van der Waals surface area contributed by atoms with Crippen molar-refractivity contribution in [3.05, 3.63) is 0 Å². The van der Waals surface area contributed by atoms with Crippen LogP contribution in [0.15, 0.2) is 0 Å². The Morgan fingerprint density at radius 1 is 0.821 bits per heavy atom. The highest BCUT2D eigenvalue weighted by atomic mass is 14.5.